The van der Waals surface area contributed by atoms with Gasteiger partial charge in [-0.05, 0) is 41.7 Å². The Kier molecular flexibility index (Phi) is 3.62. The highest BCUT2D eigenvalue weighted by atomic mass is 16.1. The fourth-order valence-corrected chi connectivity index (χ4v) is 3.89. The maximum absolute atomic E-state index is 12.1. The van der Waals surface area contributed by atoms with Crippen LogP contribution in [0, 0.1) is 0 Å². The topological polar surface area (TPSA) is 71.3 Å². The van der Waals surface area contributed by atoms with Crippen LogP contribution in [0.2, 0.25) is 0 Å². The highest BCUT2D eigenvalue weighted by molar-refractivity contribution is 5.93. The minimum absolute atomic E-state index is 0.0491. The predicted octanol–water partition coefficient (Wildman–Crippen LogP) is 4.64. The number of benzene rings is 2. The van der Waals surface area contributed by atoms with Crippen molar-refractivity contribution < 1.29 is 4.79 Å². The molecule has 1 aliphatic heterocycles. The zero-order valence-electron chi connectivity index (χ0n) is 15.9. The van der Waals surface area contributed by atoms with Gasteiger partial charge in [0.05, 0.1) is 17.2 Å². The van der Waals surface area contributed by atoms with E-state index in [0.717, 1.165) is 39.8 Å². The van der Waals surface area contributed by atoms with Crippen molar-refractivity contribution in [2.75, 3.05) is 10.6 Å². The molecule has 0 bridgehead atoms. The number of anilines is 3. The van der Waals surface area contributed by atoms with Crippen LogP contribution in [0.15, 0.2) is 54.7 Å². The Labute approximate surface area is 162 Å². The molecule has 4 aromatic rings. The fourth-order valence-electron chi connectivity index (χ4n) is 3.89. The monoisotopic (exact) mass is 371 g/mol. The van der Waals surface area contributed by atoms with Crippen LogP contribution in [-0.2, 0) is 10.2 Å². The van der Waals surface area contributed by atoms with Crippen molar-refractivity contribution in [2.24, 2.45) is 0 Å². The average molecular weight is 371 g/mol. The van der Waals surface area contributed by atoms with Crippen LogP contribution in [0.3, 0.4) is 0 Å². The lowest BCUT2D eigenvalue weighted by molar-refractivity contribution is -0.116. The van der Waals surface area contributed by atoms with Gasteiger partial charge in [0, 0.05) is 23.2 Å². The van der Waals surface area contributed by atoms with E-state index >= 15 is 0 Å². The Morgan fingerprint density at radius 3 is 2.89 bits per heavy atom. The maximum atomic E-state index is 12.1. The molecular formula is C22H21N5O. The van der Waals surface area contributed by atoms with Gasteiger partial charge in [-0.1, -0.05) is 38.1 Å². The number of para-hydroxylation sites is 1. The highest BCUT2D eigenvalue weighted by Crippen LogP contribution is 2.38. The van der Waals surface area contributed by atoms with E-state index in [0.29, 0.717) is 12.4 Å². The summed E-state index contributed by atoms with van der Waals surface area (Å²) >= 11 is 0. The summed E-state index contributed by atoms with van der Waals surface area (Å²) in [7, 11) is 0. The summed E-state index contributed by atoms with van der Waals surface area (Å²) in [6.07, 6.45) is 3.17. The molecule has 1 aliphatic rings. The van der Waals surface area contributed by atoms with Crippen LogP contribution in [0.25, 0.3) is 16.4 Å². The zero-order chi connectivity index (χ0) is 19.3. The second kappa shape index (κ2) is 6.05. The van der Waals surface area contributed by atoms with E-state index < -0.39 is 0 Å². The van der Waals surface area contributed by atoms with Crippen LogP contribution < -0.4 is 10.6 Å². The molecule has 0 unspecified atom stereocenters. The van der Waals surface area contributed by atoms with Gasteiger partial charge in [0.25, 0.3) is 0 Å². The number of nitrogens with one attached hydrogen (secondary N) is 2. The van der Waals surface area contributed by atoms with Gasteiger partial charge in [-0.2, -0.15) is 0 Å². The molecule has 0 spiro atoms. The minimum Gasteiger partial charge on any atom is -0.326 e. The molecular weight excluding hydrogens is 350 g/mol. The Balaban J connectivity index is 1.53. The standard InChI is InChI=1S/C22H21N5O/c1-22(2)10-9-20(28)25-18-12-15(7-8-17(18)22)24-21-23-13-16-11-14-5-3-4-6-19(14)27(16)26-21/h3-8,11-13H,9-10H2,1-2H3,(H,24,26)(H,25,28). The number of hydrogen-bond donors (Lipinski definition) is 2. The quantitative estimate of drug-likeness (QED) is 0.539. The predicted molar refractivity (Wildman–Crippen MR) is 111 cm³/mol. The molecule has 0 saturated carbocycles. The second-order valence-electron chi connectivity index (χ2n) is 7.94. The van der Waals surface area contributed by atoms with E-state index in [2.05, 4.69) is 52.8 Å². The fraction of sp³-hybridized carbons (Fsp3) is 0.227. The van der Waals surface area contributed by atoms with E-state index in [9.17, 15) is 4.79 Å². The number of rotatable bonds is 2. The summed E-state index contributed by atoms with van der Waals surface area (Å²) < 4.78 is 1.89. The first kappa shape index (κ1) is 16.7. The lowest BCUT2D eigenvalue weighted by Crippen LogP contribution is -2.16. The SMILES string of the molecule is CC1(C)CCC(=O)Nc2cc(Nc3ncc4cc5ccccc5n4n3)ccc21. The Bertz CT molecular complexity index is 1220. The van der Waals surface area contributed by atoms with Gasteiger partial charge in [-0.15, -0.1) is 5.10 Å². The Morgan fingerprint density at radius 2 is 2.00 bits per heavy atom. The molecule has 2 N–H and O–H groups in total. The molecule has 2 aromatic heterocycles. The van der Waals surface area contributed by atoms with Crippen molar-refractivity contribution in [1.29, 1.82) is 0 Å². The molecule has 3 heterocycles. The first-order valence-corrected chi connectivity index (χ1v) is 9.45. The van der Waals surface area contributed by atoms with Crippen molar-refractivity contribution in [3.63, 3.8) is 0 Å². The van der Waals surface area contributed by atoms with Crippen molar-refractivity contribution in [1.82, 2.24) is 14.6 Å². The normalized spacial score (nSPS) is 15.9. The molecule has 28 heavy (non-hydrogen) atoms. The molecule has 5 rings (SSSR count). The molecule has 6 nitrogen and oxygen atoms in total. The minimum atomic E-state index is -0.0491. The molecule has 0 saturated heterocycles. The number of fused-ring (bicyclic) bond motifs is 4. The van der Waals surface area contributed by atoms with E-state index in [1.807, 2.05) is 41.0 Å². The Hall–Kier alpha value is -3.41. The molecule has 0 radical (unpaired) electrons. The summed E-state index contributed by atoms with van der Waals surface area (Å²) in [5.74, 6) is 0.563. The Morgan fingerprint density at radius 1 is 1.14 bits per heavy atom. The summed E-state index contributed by atoms with van der Waals surface area (Å²) in [5, 5.41) is 12.1. The van der Waals surface area contributed by atoms with Crippen LogP contribution in [0.1, 0.15) is 32.3 Å². The van der Waals surface area contributed by atoms with Crippen LogP contribution in [-0.4, -0.2) is 20.5 Å². The average Bonchev–Trinajstić information content (AvgIpc) is 2.99. The largest absolute Gasteiger partial charge is 0.326 e. The van der Waals surface area contributed by atoms with Crippen LogP contribution >= 0.6 is 0 Å². The van der Waals surface area contributed by atoms with E-state index in [4.69, 9.17) is 0 Å². The lowest BCUT2D eigenvalue weighted by Gasteiger charge is -2.24. The summed E-state index contributed by atoms with van der Waals surface area (Å²) in [6, 6.07) is 16.2. The third-order valence-electron chi connectivity index (χ3n) is 5.48. The first-order valence-electron chi connectivity index (χ1n) is 9.45. The van der Waals surface area contributed by atoms with Gasteiger partial charge < -0.3 is 10.6 Å². The van der Waals surface area contributed by atoms with Crippen molar-refractivity contribution in [2.45, 2.75) is 32.1 Å². The summed E-state index contributed by atoms with van der Waals surface area (Å²) in [4.78, 5) is 16.5. The number of hydrogen-bond acceptors (Lipinski definition) is 4. The van der Waals surface area contributed by atoms with Crippen molar-refractivity contribution >= 4 is 39.6 Å². The molecule has 2 aromatic carbocycles. The van der Waals surface area contributed by atoms with E-state index in [-0.39, 0.29) is 11.3 Å². The van der Waals surface area contributed by atoms with Gasteiger partial charge >= 0.3 is 0 Å². The molecule has 140 valence electrons. The number of carbonyl (C=O) groups is 1. The molecule has 0 fully saturated rings. The van der Waals surface area contributed by atoms with Gasteiger partial charge in [-0.25, -0.2) is 9.50 Å². The van der Waals surface area contributed by atoms with Gasteiger partial charge in [0.1, 0.15) is 0 Å². The molecule has 6 heteroatoms. The zero-order valence-corrected chi connectivity index (χ0v) is 15.9. The third-order valence-corrected chi connectivity index (χ3v) is 5.48. The van der Waals surface area contributed by atoms with E-state index in [1.54, 1.807) is 0 Å². The number of aromatic nitrogens is 3. The summed E-state index contributed by atoms with van der Waals surface area (Å²) in [5.41, 5.74) is 4.78. The van der Waals surface area contributed by atoms with Crippen molar-refractivity contribution in [3.8, 4) is 0 Å². The summed E-state index contributed by atoms with van der Waals surface area (Å²) in [6.45, 7) is 4.35. The molecule has 0 aliphatic carbocycles. The number of carbonyl (C=O) groups excluding carboxylic acids is 1. The lowest BCUT2D eigenvalue weighted by atomic mass is 9.80. The highest BCUT2D eigenvalue weighted by Gasteiger charge is 2.28. The van der Waals surface area contributed by atoms with Gasteiger partial charge in [0.2, 0.25) is 11.9 Å². The first-order chi connectivity index (χ1) is 13.5. The van der Waals surface area contributed by atoms with Crippen LogP contribution in [0.4, 0.5) is 17.3 Å². The second-order valence-corrected chi connectivity index (χ2v) is 7.94. The third kappa shape index (κ3) is 2.78. The van der Waals surface area contributed by atoms with Gasteiger partial charge in [-0.3, -0.25) is 4.79 Å². The number of nitrogens with zero attached hydrogens (tertiary/aromatic N) is 3. The van der Waals surface area contributed by atoms with E-state index in [1.165, 1.54) is 0 Å². The molecule has 1 amide bonds. The van der Waals surface area contributed by atoms with Gasteiger partial charge in [0.15, 0.2) is 0 Å². The molecule has 0 atom stereocenters. The smallest absolute Gasteiger partial charge is 0.245 e. The van der Waals surface area contributed by atoms with Crippen molar-refractivity contribution in [3.05, 3.63) is 60.3 Å². The maximum Gasteiger partial charge on any atom is 0.245 e. The number of amides is 1. The van der Waals surface area contributed by atoms with Crippen LogP contribution in [0.5, 0.6) is 0 Å².